The number of para-hydroxylation sites is 1. The number of carbonyl (C=O) groups is 2. The van der Waals surface area contributed by atoms with Gasteiger partial charge in [-0.05, 0) is 31.2 Å². The molecule has 3 aromatic heterocycles. The Bertz CT molecular complexity index is 1470. The van der Waals surface area contributed by atoms with E-state index in [0.717, 1.165) is 0 Å². The second-order valence-corrected chi connectivity index (χ2v) is 8.46. The lowest BCUT2D eigenvalue weighted by atomic mass is 9.98. The van der Waals surface area contributed by atoms with Crippen LogP contribution in [0.5, 0.6) is 0 Å². The van der Waals surface area contributed by atoms with Gasteiger partial charge in [-0.1, -0.05) is 48.5 Å². The van der Waals surface area contributed by atoms with Gasteiger partial charge in [0.1, 0.15) is 15.5 Å². The van der Waals surface area contributed by atoms with Crippen LogP contribution in [-0.4, -0.2) is 16.7 Å². The number of nitrogens with zero attached hydrogens (tertiary/aromatic N) is 1. The molecule has 1 amide bonds. The van der Waals surface area contributed by atoms with E-state index in [1.165, 1.54) is 17.6 Å². The van der Waals surface area contributed by atoms with E-state index in [9.17, 15) is 9.59 Å². The fourth-order valence-corrected chi connectivity index (χ4v) is 4.93. The highest BCUT2D eigenvalue weighted by Crippen LogP contribution is 2.43. The number of amides is 1. The Labute approximate surface area is 193 Å². The highest BCUT2D eigenvalue weighted by molar-refractivity contribution is 7.21. The molecule has 0 aliphatic rings. The molecule has 0 aliphatic heterocycles. The number of hydrogen-bond acceptors (Lipinski definition) is 6. The molecule has 0 unspecified atom stereocenters. The van der Waals surface area contributed by atoms with Crippen LogP contribution in [-0.2, 0) is 0 Å². The largest absolute Gasteiger partial charge is 0.464 e. The normalized spacial score (nSPS) is 10.9. The van der Waals surface area contributed by atoms with Crippen molar-refractivity contribution in [1.82, 2.24) is 4.98 Å². The number of rotatable bonds is 5. The topological polar surface area (TPSA) is 98.2 Å². The SMILES string of the molecule is Cc1nc2sc(C(=O)c3ccccc3)c(N)c2c(-c2ccco2)c1C(=O)Nc1ccccc1. The first-order valence-corrected chi connectivity index (χ1v) is 11.1. The number of hydrogen-bond donors (Lipinski definition) is 2. The monoisotopic (exact) mass is 453 g/mol. The molecule has 0 saturated heterocycles. The summed E-state index contributed by atoms with van der Waals surface area (Å²) in [5, 5.41) is 3.46. The van der Waals surface area contributed by atoms with Crippen LogP contribution in [0, 0.1) is 6.92 Å². The molecule has 2 aromatic carbocycles. The Morgan fingerprint density at radius 3 is 2.33 bits per heavy atom. The fraction of sp³-hybridized carbons (Fsp3) is 0.0385. The van der Waals surface area contributed by atoms with Gasteiger partial charge < -0.3 is 15.5 Å². The van der Waals surface area contributed by atoms with Crippen molar-refractivity contribution in [2.75, 3.05) is 11.1 Å². The van der Waals surface area contributed by atoms with Gasteiger partial charge in [0.2, 0.25) is 5.78 Å². The molecule has 0 saturated carbocycles. The molecule has 3 heterocycles. The fourth-order valence-electron chi connectivity index (χ4n) is 3.82. The van der Waals surface area contributed by atoms with Gasteiger partial charge in [0.05, 0.1) is 23.2 Å². The van der Waals surface area contributed by atoms with E-state index < -0.39 is 0 Å². The van der Waals surface area contributed by atoms with Crippen molar-refractivity contribution in [3.63, 3.8) is 0 Å². The van der Waals surface area contributed by atoms with E-state index in [0.29, 0.717) is 48.9 Å². The molecule has 3 N–H and O–H groups in total. The minimum absolute atomic E-state index is 0.186. The van der Waals surface area contributed by atoms with Crippen molar-refractivity contribution in [2.24, 2.45) is 0 Å². The number of ketones is 1. The lowest BCUT2D eigenvalue weighted by molar-refractivity contribution is 0.102. The summed E-state index contributed by atoms with van der Waals surface area (Å²) in [6, 6.07) is 21.6. The molecule has 0 aliphatic carbocycles. The third-order valence-corrected chi connectivity index (χ3v) is 6.42. The lowest BCUT2D eigenvalue weighted by Crippen LogP contribution is -2.16. The first-order chi connectivity index (χ1) is 16.0. The first kappa shape index (κ1) is 20.7. The van der Waals surface area contributed by atoms with Gasteiger partial charge >= 0.3 is 0 Å². The van der Waals surface area contributed by atoms with E-state index in [2.05, 4.69) is 10.3 Å². The zero-order valence-corrected chi connectivity index (χ0v) is 18.5. The number of thiophene rings is 1. The summed E-state index contributed by atoms with van der Waals surface area (Å²) in [6.45, 7) is 1.76. The van der Waals surface area contributed by atoms with Crippen molar-refractivity contribution < 1.29 is 14.0 Å². The van der Waals surface area contributed by atoms with Crippen molar-refractivity contribution in [1.29, 1.82) is 0 Å². The number of nitrogens with one attached hydrogen (secondary N) is 1. The van der Waals surface area contributed by atoms with Crippen LogP contribution in [0.3, 0.4) is 0 Å². The number of fused-ring (bicyclic) bond motifs is 1. The highest BCUT2D eigenvalue weighted by atomic mass is 32.1. The van der Waals surface area contributed by atoms with E-state index in [4.69, 9.17) is 10.2 Å². The molecular formula is C26H19N3O3S. The molecule has 162 valence electrons. The minimum atomic E-state index is -0.332. The maximum atomic E-state index is 13.4. The Morgan fingerprint density at radius 1 is 0.970 bits per heavy atom. The van der Waals surface area contributed by atoms with Crippen molar-refractivity contribution in [3.8, 4) is 11.3 Å². The first-order valence-electron chi connectivity index (χ1n) is 10.3. The predicted molar refractivity (Wildman–Crippen MR) is 131 cm³/mol. The number of furan rings is 1. The molecule has 0 radical (unpaired) electrons. The number of aromatic nitrogens is 1. The second kappa shape index (κ2) is 8.37. The van der Waals surface area contributed by atoms with Gasteiger partial charge in [-0.25, -0.2) is 4.98 Å². The Balaban J connectivity index is 1.72. The molecule has 7 heteroatoms. The van der Waals surface area contributed by atoms with Crippen LogP contribution in [0.4, 0.5) is 11.4 Å². The molecule has 0 spiro atoms. The number of carbonyl (C=O) groups excluding carboxylic acids is 2. The van der Waals surface area contributed by atoms with Gasteiger partial charge in [-0.2, -0.15) is 0 Å². The zero-order chi connectivity index (χ0) is 22.9. The van der Waals surface area contributed by atoms with Gasteiger partial charge in [-0.15, -0.1) is 11.3 Å². The smallest absolute Gasteiger partial charge is 0.258 e. The summed E-state index contributed by atoms with van der Waals surface area (Å²) in [4.78, 5) is 32.2. The molecule has 6 nitrogen and oxygen atoms in total. The molecule has 0 fully saturated rings. The van der Waals surface area contributed by atoms with Crippen LogP contribution in [0.1, 0.15) is 31.3 Å². The second-order valence-electron chi connectivity index (χ2n) is 7.46. The van der Waals surface area contributed by atoms with Crippen molar-refractivity contribution in [3.05, 3.63) is 101 Å². The number of nitrogen functional groups attached to an aromatic ring is 1. The van der Waals surface area contributed by atoms with Crippen LogP contribution < -0.4 is 11.1 Å². The Hall–Kier alpha value is -4.23. The van der Waals surface area contributed by atoms with Gasteiger partial charge in [-0.3, -0.25) is 9.59 Å². The predicted octanol–water partition coefficient (Wildman–Crippen LogP) is 5.93. The Kier molecular flexibility index (Phi) is 5.24. The van der Waals surface area contributed by atoms with Crippen LogP contribution >= 0.6 is 11.3 Å². The van der Waals surface area contributed by atoms with E-state index in [-0.39, 0.29) is 17.4 Å². The summed E-state index contributed by atoms with van der Waals surface area (Å²) in [6.07, 6.45) is 1.54. The zero-order valence-electron chi connectivity index (χ0n) is 17.7. The number of benzene rings is 2. The van der Waals surface area contributed by atoms with Gasteiger partial charge in [0, 0.05) is 22.2 Å². The molecular weight excluding hydrogens is 434 g/mol. The lowest BCUT2D eigenvalue weighted by Gasteiger charge is -2.13. The highest BCUT2D eigenvalue weighted by Gasteiger charge is 2.28. The van der Waals surface area contributed by atoms with E-state index >= 15 is 0 Å². The summed E-state index contributed by atoms with van der Waals surface area (Å²) in [5.74, 6) is -0.0395. The third-order valence-electron chi connectivity index (χ3n) is 5.33. The molecule has 33 heavy (non-hydrogen) atoms. The molecule has 0 bridgehead atoms. The van der Waals surface area contributed by atoms with Crippen LogP contribution in [0.2, 0.25) is 0 Å². The molecule has 0 atom stereocenters. The molecule has 5 aromatic rings. The van der Waals surface area contributed by atoms with E-state index in [1.807, 2.05) is 24.3 Å². The maximum Gasteiger partial charge on any atom is 0.258 e. The van der Waals surface area contributed by atoms with Gasteiger partial charge in [0.25, 0.3) is 5.91 Å². The van der Waals surface area contributed by atoms with Crippen LogP contribution in [0.25, 0.3) is 21.5 Å². The molecule has 5 rings (SSSR count). The van der Waals surface area contributed by atoms with Gasteiger partial charge in [0.15, 0.2) is 0 Å². The van der Waals surface area contributed by atoms with Crippen LogP contribution in [0.15, 0.2) is 83.5 Å². The summed E-state index contributed by atoms with van der Waals surface area (Å²) < 4.78 is 5.69. The Morgan fingerprint density at radius 2 is 1.67 bits per heavy atom. The average Bonchev–Trinajstić information content (AvgIpc) is 3.47. The number of nitrogens with two attached hydrogens (primary N) is 1. The number of anilines is 2. The number of pyridine rings is 1. The standard InChI is InChI=1S/C26H19N3O3S/c1-15-19(25(31)29-17-11-6-3-7-12-17)20(18-13-8-14-32-18)21-22(27)24(33-26(21)28-15)23(30)16-9-4-2-5-10-16/h2-14H,27H2,1H3,(H,29,31). The number of aryl methyl sites for hydroxylation is 1. The summed E-state index contributed by atoms with van der Waals surface area (Å²) >= 11 is 1.22. The van der Waals surface area contributed by atoms with E-state index in [1.54, 1.807) is 55.5 Å². The third kappa shape index (κ3) is 3.68. The van der Waals surface area contributed by atoms with Crippen molar-refractivity contribution >= 4 is 44.6 Å². The quantitative estimate of drug-likeness (QED) is 0.321. The average molecular weight is 454 g/mol. The van der Waals surface area contributed by atoms with Crippen molar-refractivity contribution in [2.45, 2.75) is 6.92 Å². The summed E-state index contributed by atoms with van der Waals surface area (Å²) in [5.41, 5.74) is 9.41. The summed E-state index contributed by atoms with van der Waals surface area (Å²) in [7, 11) is 0. The maximum absolute atomic E-state index is 13.4. The minimum Gasteiger partial charge on any atom is -0.464 e.